The van der Waals surface area contributed by atoms with E-state index in [-0.39, 0.29) is 33.4 Å². The predicted octanol–water partition coefficient (Wildman–Crippen LogP) is 5.48. The lowest BCUT2D eigenvalue weighted by Gasteiger charge is -2.40. The van der Waals surface area contributed by atoms with Crippen LogP contribution in [0.2, 0.25) is 5.02 Å². The second-order valence-corrected chi connectivity index (χ2v) is 14.3. The number of para-hydroxylation sites is 1. The molecule has 3 aromatic rings. The molecule has 0 spiro atoms. The Labute approximate surface area is 264 Å². The molecule has 1 amide bonds. The smallest absolute Gasteiger partial charge is 0.253 e. The number of aromatic nitrogens is 2. The van der Waals surface area contributed by atoms with Crippen molar-refractivity contribution in [2.75, 3.05) is 49.7 Å². The molecule has 2 aliphatic rings. The molecule has 0 unspecified atom stereocenters. The molecule has 11 nitrogen and oxygen atoms in total. The van der Waals surface area contributed by atoms with Crippen molar-refractivity contribution in [2.24, 2.45) is 0 Å². The third kappa shape index (κ3) is 6.87. The maximum atomic E-state index is 13.4. The largest absolute Gasteiger partial charge is 0.495 e. The first-order valence-electron chi connectivity index (χ1n) is 15.0. The molecule has 13 heteroatoms. The molecule has 236 valence electrons. The zero-order chi connectivity index (χ0) is 31.4. The number of likely N-dealkylation sites (tertiary alicyclic amines) is 2. The van der Waals surface area contributed by atoms with Gasteiger partial charge in [-0.05, 0) is 83.0 Å². The maximum absolute atomic E-state index is 13.4. The fourth-order valence-electron chi connectivity index (χ4n) is 5.75. The van der Waals surface area contributed by atoms with Crippen molar-refractivity contribution in [3.05, 3.63) is 53.1 Å². The summed E-state index contributed by atoms with van der Waals surface area (Å²) in [5.41, 5.74) is 7.47. The van der Waals surface area contributed by atoms with Crippen molar-refractivity contribution in [1.29, 1.82) is 0 Å². The number of amides is 1. The number of sulfone groups is 1. The van der Waals surface area contributed by atoms with E-state index >= 15 is 0 Å². The van der Waals surface area contributed by atoms with E-state index in [1.165, 1.54) is 32.4 Å². The molecule has 3 heterocycles. The van der Waals surface area contributed by atoms with E-state index in [9.17, 15) is 13.2 Å². The first kappa shape index (κ1) is 31.8. The van der Waals surface area contributed by atoms with Crippen molar-refractivity contribution in [1.82, 2.24) is 19.8 Å². The Morgan fingerprint density at radius 1 is 1.00 bits per heavy atom. The van der Waals surface area contributed by atoms with E-state index in [0.717, 1.165) is 39.0 Å². The lowest BCUT2D eigenvalue weighted by Crippen LogP contribution is -2.48. The quantitative estimate of drug-likeness (QED) is 0.275. The van der Waals surface area contributed by atoms with Crippen LogP contribution in [0, 0.1) is 0 Å². The lowest BCUT2D eigenvalue weighted by atomic mass is 9.99. The summed E-state index contributed by atoms with van der Waals surface area (Å²) >= 11 is 6.43. The number of carbonyl (C=O) groups is 1. The van der Waals surface area contributed by atoms with Crippen LogP contribution >= 0.6 is 11.6 Å². The number of benzene rings is 2. The number of carbonyl (C=O) groups excluding carboxylic acids is 1. The fraction of sp³-hybridized carbons (Fsp3) is 0.452. The number of nitrogens with one attached hydrogen (secondary N) is 2. The van der Waals surface area contributed by atoms with Crippen LogP contribution in [0.4, 0.5) is 29.0 Å². The van der Waals surface area contributed by atoms with Gasteiger partial charge in [-0.3, -0.25) is 4.79 Å². The van der Waals surface area contributed by atoms with Crippen LogP contribution in [0.1, 0.15) is 56.3 Å². The molecule has 0 atom stereocenters. The lowest BCUT2D eigenvalue weighted by molar-refractivity contribution is 0.0589. The summed E-state index contributed by atoms with van der Waals surface area (Å²) in [6, 6.07) is 12.3. The normalized spacial score (nSPS) is 16.6. The molecule has 1 aromatic heterocycles. The van der Waals surface area contributed by atoms with Gasteiger partial charge in [-0.2, -0.15) is 9.97 Å². The second kappa shape index (κ2) is 13.6. The average Bonchev–Trinajstić information content (AvgIpc) is 3.04. The Balaban J connectivity index is 1.32. The molecule has 2 fully saturated rings. The van der Waals surface area contributed by atoms with E-state index in [2.05, 4.69) is 25.5 Å². The molecule has 44 heavy (non-hydrogen) atoms. The minimum atomic E-state index is -3.59. The third-order valence-corrected chi connectivity index (χ3v) is 10.9. The first-order chi connectivity index (χ1) is 21.1. The van der Waals surface area contributed by atoms with Crippen molar-refractivity contribution >= 4 is 56.3 Å². The number of anilines is 5. The summed E-state index contributed by atoms with van der Waals surface area (Å²) in [4.78, 5) is 26.7. The standard InChI is InChI=1S/C31H40ClN7O4S/c1-20(2)44(41,42)26-10-6-5-9-24(26)34-29-27(32)28(33)36-31(37-29)35-23-12-11-21(19-25(23)43-3)30(40)39-17-13-22(14-18-39)38-15-7-4-8-16-38/h5-6,9-12,19-20,22H,4,7-8,13-18H2,1-3H3,(H4,33,34,35,36,37). The topological polar surface area (TPSA) is 143 Å². The second-order valence-electron chi connectivity index (χ2n) is 11.5. The van der Waals surface area contributed by atoms with Gasteiger partial charge in [0.05, 0.1) is 28.6 Å². The van der Waals surface area contributed by atoms with Gasteiger partial charge in [0.15, 0.2) is 15.7 Å². The highest BCUT2D eigenvalue weighted by atomic mass is 35.5. The zero-order valence-electron chi connectivity index (χ0n) is 25.3. The molecule has 0 radical (unpaired) electrons. The molecule has 2 aliphatic heterocycles. The van der Waals surface area contributed by atoms with E-state index in [4.69, 9.17) is 22.1 Å². The van der Waals surface area contributed by atoms with Gasteiger partial charge in [-0.15, -0.1) is 0 Å². The molecule has 2 aromatic carbocycles. The molecule has 5 rings (SSSR count). The Hall–Kier alpha value is -3.61. The molecule has 2 saturated heterocycles. The number of hydrogen-bond acceptors (Lipinski definition) is 10. The highest BCUT2D eigenvalue weighted by Gasteiger charge is 2.29. The van der Waals surface area contributed by atoms with E-state index in [0.29, 0.717) is 28.7 Å². The molecule has 0 aliphatic carbocycles. The summed E-state index contributed by atoms with van der Waals surface area (Å²) in [6.45, 7) is 7.04. The summed E-state index contributed by atoms with van der Waals surface area (Å²) in [5.74, 6) is 0.636. The van der Waals surface area contributed by atoms with Crippen LogP contribution in [-0.2, 0) is 9.84 Å². The van der Waals surface area contributed by atoms with Crippen LogP contribution in [0.15, 0.2) is 47.4 Å². The highest BCUT2D eigenvalue weighted by molar-refractivity contribution is 7.92. The van der Waals surface area contributed by atoms with Gasteiger partial charge in [-0.1, -0.05) is 30.2 Å². The maximum Gasteiger partial charge on any atom is 0.253 e. The van der Waals surface area contributed by atoms with Gasteiger partial charge in [0, 0.05) is 24.7 Å². The first-order valence-corrected chi connectivity index (χ1v) is 16.9. The van der Waals surface area contributed by atoms with Crippen LogP contribution in [0.5, 0.6) is 5.75 Å². The summed E-state index contributed by atoms with van der Waals surface area (Å²) in [6.07, 6.45) is 5.82. The number of ether oxygens (including phenoxy) is 1. The Kier molecular flexibility index (Phi) is 9.81. The number of piperidine rings is 2. The van der Waals surface area contributed by atoms with Crippen molar-refractivity contribution in [3.8, 4) is 5.75 Å². The van der Waals surface area contributed by atoms with E-state index in [1.54, 1.807) is 50.2 Å². The minimum absolute atomic E-state index is 0.00501. The summed E-state index contributed by atoms with van der Waals surface area (Å²) < 4.78 is 31.5. The monoisotopic (exact) mass is 641 g/mol. The molecule has 0 bridgehead atoms. The Morgan fingerprint density at radius 3 is 2.39 bits per heavy atom. The van der Waals surface area contributed by atoms with Crippen molar-refractivity contribution in [2.45, 2.75) is 62.1 Å². The number of halogens is 1. The van der Waals surface area contributed by atoms with Crippen LogP contribution in [0.25, 0.3) is 0 Å². The zero-order valence-corrected chi connectivity index (χ0v) is 26.9. The number of nitrogen functional groups attached to an aromatic ring is 1. The number of nitrogens with zero attached hydrogens (tertiary/aromatic N) is 4. The van der Waals surface area contributed by atoms with Crippen molar-refractivity contribution < 1.29 is 17.9 Å². The highest BCUT2D eigenvalue weighted by Crippen LogP contribution is 2.35. The average molecular weight is 642 g/mol. The Bertz CT molecular complexity index is 1600. The number of rotatable bonds is 9. The number of methoxy groups -OCH3 is 1. The number of nitrogens with two attached hydrogens (primary N) is 1. The Morgan fingerprint density at radius 2 is 1.70 bits per heavy atom. The SMILES string of the molecule is COc1cc(C(=O)N2CCC(N3CCCCC3)CC2)ccc1Nc1nc(N)c(Cl)c(Nc2ccccc2S(=O)(=O)C(C)C)n1. The van der Waals surface area contributed by atoms with Gasteiger partial charge in [0.2, 0.25) is 5.95 Å². The van der Waals surface area contributed by atoms with Gasteiger partial charge in [-0.25, -0.2) is 8.42 Å². The van der Waals surface area contributed by atoms with Crippen LogP contribution < -0.4 is 21.1 Å². The summed E-state index contributed by atoms with van der Waals surface area (Å²) in [7, 11) is -2.07. The van der Waals surface area contributed by atoms with Crippen LogP contribution in [0.3, 0.4) is 0 Å². The fourth-order valence-corrected chi connectivity index (χ4v) is 7.08. The predicted molar refractivity (Wildman–Crippen MR) is 174 cm³/mol. The molecule has 4 N–H and O–H groups in total. The van der Waals surface area contributed by atoms with E-state index < -0.39 is 15.1 Å². The summed E-state index contributed by atoms with van der Waals surface area (Å²) in [5, 5.41) is 5.53. The van der Waals surface area contributed by atoms with Gasteiger partial charge < -0.3 is 30.9 Å². The van der Waals surface area contributed by atoms with Gasteiger partial charge in [0.1, 0.15) is 16.6 Å². The van der Waals surface area contributed by atoms with E-state index in [1.807, 2.05) is 4.90 Å². The van der Waals surface area contributed by atoms with Gasteiger partial charge in [0.25, 0.3) is 5.91 Å². The molecular weight excluding hydrogens is 602 g/mol. The van der Waals surface area contributed by atoms with Crippen LogP contribution in [-0.4, -0.2) is 78.7 Å². The third-order valence-electron chi connectivity index (χ3n) is 8.30. The minimum Gasteiger partial charge on any atom is -0.495 e. The number of hydrogen-bond donors (Lipinski definition) is 3. The molecular formula is C31H40ClN7O4S. The van der Waals surface area contributed by atoms with Gasteiger partial charge >= 0.3 is 0 Å². The molecule has 0 saturated carbocycles. The van der Waals surface area contributed by atoms with Crippen molar-refractivity contribution in [3.63, 3.8) is 0 Å².